The number of benzene rings is 3. The molecule has 1 saturated heterocycles. The van der Waals surface area contributed by atoms with Crippen LogP contribution in [-0.2, 0) is 14.9 Å². The Balaban J connectivity index is 1.55. The molecule has 6 rings (SSSR count). The molecule has 1 aliphatic rings. The number of hydrogen-bond acceptors (Lipinski definition) is 10. The van der Waals surface area contributed by atoms with Gasteiger partial charge < -0.3 is 29.5 Å². The molecule has 1 amide bonds. The van der Waals surface area contributed by atoms with Gasteiger partial charge in [-0.15, -0.1) is 0 Å². The molecule has 5 N–H and O–H groups in total. The number of hydrogen-bond donors (Lipinski definition) is 5. The molecule has 2 aromatic heterocycles. The lowest BCUT2D eigenvalue weighted by molar-refractivity contribution is -0.114. The van der Waals surface area contributed by atoms with Crippen LogP contribution in [0.15, 0.2) is 90.0 Å². The second kappa shape index (κ2) is 12.4. The third-order valence-electron chi connectivity index (χ3n) is 8.32. The Kier molecular flexibility index (Phi) is 8.32. The van der Waals surface area contributed by atoms with Crippen molar-refractivity contribution in [2.24, 2.45) is 0 Å². The molecule has 5 atom stereocenters. The fourth-order valence-corrected chi connectivity index (χ4v) is 6.35. The van der Waals surface area contributed by atoms with Gasteiger partial charge in [0.15, 0.2) is 17.4 Å². The molecule has 46 heavy (non-hydrogen) atoms. The highest BCUT2D eigenvalue weighted by Crippen LogP contribution is 2.51. The zero-order valence-electron chi connectivity index (χ0n) is 25.2. The lowest BCUT2D eigenvalue weighted by Crippen LogP contribution is -2.52. The number of amides is 1. The van der Waals surface area contributed by atoms with Crippen molar-refractivity contribution in [2.75, 3.05) is 19.5 Å². The summed E-state index contributed by atoms with van der Waals surface area (Å²) in [6.07, 6.45) is -6.29. The van der Waals surface area contributed by atoms with E-state index in [2.05, 4.69) is 20.3 Å². The zero-order valence-corrected chi connectivity index (χ0v) is 25.2. The largest absolute Gasteiger partial charge is 0.496 e. The first-order chi connectivity index (χ1) is 22.2. The summed E-state index contributed by atoms with van der Waals surface area (Å²) in [5, 5.41) is 38.1. The Morgan fingerprint density at radius 2 is 1.54 bits per heavy atom. The molecule has 238 valence electrons. The maximum atomic E-state index is 12.7. The molecule has 1 aliphatic heterocycles. The van der Waals surface area contributed by atoms with Gasteiger partial charge in [-0.2, -0.15) is 4.98 Å². The molecule has 13 nitrogen and oxygen atoms in total. The molecule has 0 saturated carbocycles. The molecule has 3 heterocycles. The van der Waals surface area contributed by atoms with E-state index in [-0.39, 0.29) is 17.1 Å². The van der Waals surface area contributed by atoms with Crippen LogP contribution in [0.5, 0.6) is 11.5 Å². The smallest absolute Gasteiger partial charge is 0.280 e. The van der Waals surface area contributed by atoms with E-state index in [0.717, 1.165) is 0 Å². The minimum atomic E-state index is -1.62. The standard InChI is InChI=1S/C33H33N5O8/c1-18(39)35-32-36-29-24(30(43)37-32)34-17-38(29)31-26(41)25(40)27(46-31)28(42)33(19-11-5-4-6-12-19,20-13-7-9-15-22(20)44-2)21-14-8-10-16-23(21)45-3/h4-17,25-28,31,40-42H,1-3H3,(H2,35,36,37,39,43)/t25-,26+,27-,28?,31+/m0/s1. The maximum absolute atomic E-state index is 12.7. The fraction of sp³-hybridized carbons (Fsp3) is 0.273. The van der Waals surface area contributed by atoms with Crippen molar-refractivity contribution in [1.82, 2.24) is 19.5 Å². The second-order valence-corrected chi connectivity index (χ2v) is 10.9. The molecule has 5 aromatic rings. The summed E-state index contributed by atoms with van der Waals surface area (Å²) in [7, 11) is 3.05. The van der Waals surface area contributed by atoms with E-state index in [1.54, 1.807) is 12.1 Å². The molecule has 0 radical (unpaired) electrons. The van der Waals surface area contributed by atoms with Crippen LogP contribution in [0.2, 0.25) is 0 Å². The van der Waals surface area contributed by atoms with Crippen LogP contribution in [-0.4, -0.2) is 79.4 Å². The van der Waals surface area contributed by atoms with E-state index in [1.165, 1.54) is 32.0 Å². The second-order valence-electron chi connectivity index (χ2n) is 10.9. The van der Waals surface area contributed by atoms with Gasteiger partial charge in [-0.25, -0.2) is 4.98 Å². The summed E-state index contributed by atoms with van der Waals surface area (Å²) in [5.41, 5.74) is -0.468. The van der Waals surface area contributed by atoms with E-state index >= 15 is 0 Å². The van der Waals surface area contributed by atoms with Crippen LogP contribution in [0.3, 0.4) is 0 Å². The number of aromatic nitrogens is 4. The predicted octanol–water partition coefficient (Wildman–Crippen LogP) is 2.11. The summed E-state index contributed by atoms with van der Waals surface area (Å²) in [4.78, 5) is 35.2. The van der Waals surface area contributed by atoms with Gasteiger partial charge >= 0.3 is 0 Å². The van der Waals surface area contributed by atoms with E-state index in [4.69, 9.17) is 14.2 Å². The van der Waals surface area contributed by atoms with Gasteiger partial charge in [0, 0.05) is 18.1 Å². The van der Waals surface area contributed by atoms with Crippen molar-refractivity contribution in [3.8, 4) is 11.5 Å². The highest BCUT2D eigenvalue weighted by molar-refractivity contribution is 5.87. The van der Waals surface area contributed by atoms with Crippen molar-refractivity contribution >= 4 is 23.0 Å². The van der Waals surface area contributed by atoms with Gasteiger partial charge in [-0.3, -0.25) is 24.5 Å². The summed E-state index contributed by atoms with van der Waals surface area (Å²) in [6.45, 7) is 1.26. The molecule has 1 fully saturated rings. The van der Waals surface area contributed by atoms with Gasteiger partial charge in [0.2, 0.25) is 11.9 Å². The quantitative estimate of drug-likeness (QED) is 0.152. The Bertz CT molecular complexity index is 1880. The first-order valence-corrected chi connectivity index (χ1v) is 14.5. The number of carbonyl (C=O) groups is 1. The molecule has 0 bridgehead atoms. The predicted molar refractivity (Wildman–Crippen MR) is 167 cm³/mol. The number of methoxy groups -OCH3 is 2. The van der Waals surface area contributed by atoms with Crippen molar-refractivity contribution in [3.05, 3.63) is 112 Å². The Labute approximate surface area is 263 Å². The molecule has 1 unspecified atom stereocenters. The lowest BCUT2D eigenvalue weighted by atomic mass is 9.63. The molecular weight excluding hydrogens is 594 g/mol. The van der Waals surface area contributed by atoms with Gasteiger partial charge in [-0.1, -0.05) is 66.7 Å². The Hall–Kier alpha value is -5.08. The number of para-hydroxylation sites is 2. The number of aliphatic hydroxyl groups is 3. The SMILES string of the molecule is COc1ccccc1C(c1ccccc1)(c1ccccc1OC)C(O)[C@H]1O[C@@H](n2cnc3c(=O)[nH]c(NC(C)=O)nc32)[C@H](O)[C@@H]1O. The van der Waals surface area contributed by atoms with Crippen LogP contribution in [0.1, 0.15) is 29.8 Å². The van der Waals surface area contributed by atoms with Crippen LogP contribution < -0.4 is 20.3 Å². The maximum Gasteiger partial charge on any atom is 0.280 e. The van der Waals surface area contributed by atoms with E-state index in [0.29, 0.717) is 28.2 Å². The number of aliphatic hydroxyl groups excluding tert-OH is 3. The number of H-pyrrole nitrogens is 1. The third-order valence-corrected chi connectivity index (χ3v) is 8.32. The van der Waals surface area contributed by atoms with Crippen LogP contribution >= 0.6 is 0 Å². The average Bonchev–Trinajstić information content (AvgIpc) is 3.62. The van der Waals surface area contributed by atoms with Crippen LogP contribution in [0, 0.1) is 0 Å². The van der Waals surface area contributed by atoms with Gasteiger partial charge in [0.1, 0.15) is 35.9 Å². The summed E-state index contributed by atoms with van der Waals surface area (Å²) < 4.78 is 19.3. The fourth-order valence-electron chi connectivity index (χ4n) is 6.35. The summed E-state index contributed by atoms with van der Waals surface area (Å²) in [5.74, 6) is 0.312. The number of rotatable bonds is 9. The summed E-state index contributed by atoms with van der Waals surface area (Å²) >= 11 is 0. The van der Waals surface area contributed by atoms with Gasteiger partial charge in [0.05, 0.1) is 26.0 Å². The van der Waals surface area contributed by atoms with Crippen molar-refractivity contribution < 1.29 is 34.3 Å². The number of imidazole rings is 1. The minimum absolute atomic E-state index is 0.0114. The van der Waals surface area contributed by atoms with Crippen molar-refractivity contribution in [3.63, 3.8) is 0 Å². The van der Waals surface area contributed by atoms with Crippen molar-refractivity contribution in [1.29, 1.82) is 0 Å². The first kappa shape index (κ1) is 30.9. The molecule has 0 spiro atoms. The molecule has 13 heteroatoms. The van der Waals surface area contributed by atoms with E-state index < -0.39 is 47.5 Å². The zero-order chi connectivity index (χ0) is 32.6. The number of carbonyl (C=O) groups excluding carboxylic acids is 1. The van der Waals surface area contributed by atoms with E-state index in [1.807, 2.05) is 66.7 Å². The minimum Gasteiger partial charge on any atom is -0.496 e. The van der Waals surface area contributed by atoms with Gasteiger partial charge in [-0.05, 0) is 17.7 Å². The highest BCUT2D eigenvalue weighted by Gasteiger charge is 2.56. The Morgan fingerprint density at radius 1 is 0.957 bits per heavy atom. The summed E-state index contributed by atoms with van der Waals surface area (Å²) in [6, 6.07) is 23.6. The highest BCUT2D eigenvalue weighted by atomic mass is 16.6. The number of fused-ring (bicyclic) bond motifs is 1. The number of aromatic amines is 1. The first-order valence-electron chi connectivity index (χ1n) is 14.5. The molecule has 0 aliphatic carbocycles. The number of ether oxygens (including phenoxy) is 3. The number of anilines is 1. The third kappa shape index (κ3) is 4.99. The average molecular weight is 628 g/mol. The van der Waals surface area contributed by atoms with Gasteiger partial charge in [0.25, 0.3) is 5.56 Å². The van der Waals surface area contributed by atoms with Crippen LogP contribution in [0.4, 0.5) is 5.95 Å². The van der Waals surface area contributed by atoms with E-state index in [9.17, 15) is 24.9 Å². The topological polar surface area (TPSA) is 181 Å². The van der Waals surface area contributed by atoms with Crippen LogP contribution in [0.25, 0.3) is 11.2 Å². The normalized spacial score (nSPS) is 20.4. The molecular formula is C33H33N5O8. The Morgan fingerprint density at radius 3 is 2.13 bits per heavy atom. The lowest BCUT2D eigenvalue weighted by Gasteiger charge is -2.43. The number of nitrogens with one attached hydrogen (secondary N) is 2. The monoisotopic (exact) mass is 627 g/mol. The number of nitrogens with zero attached hydrogens (tertiary/aromatic N) is 3. The molecule has 3 aromatic carbocycles. The van der Waals surface area contributed by atoms with Crippen molar-refractivity contribution in [2.45, 2.75) is 43.0 Å².